The first kappa shape index (κ1) is 23.1. The number of hydrogen-bond acceptors (Lipinski definition) is 5. The number of ether oxygens (including phenoxy) is 1. The van der Waals surface area contributed by atoms with Crippen LogP contribution in [-0.4, -0.2) is 76.5 Å². The van der Waals surface area contributed by atoms with Crippen molar-refractivity contribution in [2.75, 3.05) is 33.3 Å². The summed E-state index contributed by atoms with van der Waals surface area (Å²) in [4.78, 5) is 18.9. The van der Waals surface area contributed by atoms with Gasteiger partial charge in [0, 0.05) is 38.7 Å². The highest BCUT2D eigenvalue weighted by Gasteiger charge is 2.18. The zero-order chi connectivity index (χ0) is 21.3. The number of aryl methyl sites for hydroxylation is 1. The molecule has 1 aliphatic rings. The van der Waals surface area contributed by atoms with Crippen LogP contribution in [0.3, 0.4) is 0 Å². The minimum atomic E-state index is -0.260. The number of likely N-dealkylation sites (N-methyl/N-ethyl adjacent to an activating group) is 1. The molecule has 164 valence electrons. The van der Waals surface area contributed by atoms with Crippen molar-refractivity contribution in [2.45, 2.75) is 71.6 Å². The summed E-state index contributed by atoms with van der Waals surface area (Å²) in [6.45, 7) is 11.0. The fraction of sp³-hybridized carbons (Fsp3) is 0.800. The van der Waals surface area contributed by atoms with Crippen LogP contribution in [0.2, 0.25) is 0 Å². The summed E-state index contributed by atoms with van der Waals surface area (Å²) in [6, 6.07) is 0. The van der Waals surface area contributed by atoms with Crippen LogP contribution in [0.25, 0.3) is 0 Å². The molecule has 0 aromatic carbocycles. The van der Waals surface area contributed by atoms with Gasteiger partial charge in [-0.15, -0.1) is 10.2 Å². The summed E-state index contributed by atoms with van der Waals surface area (Å²) in [6.07, 6.45) is 6.07. The van der Waals surface area contributed by atoms with Crippen molar-refractivity contribution in [3.63, 3.8) is 0 Å². The Balaban J connectivity index is 1.96. The molecule has 9 heteroatoms. The predicted molar refractivity (Wildman–Crippen MR) is 114 cm³/mol. The lowest BCUT2D eigenvalue weighted by atomic mass is 10.1. The molecule has 1 aliphatic heterocycles. The Bertz CT molecular complexity index is 660. The molecule has 9 nitrogen and oxygen atoms in total. The molecular weight excluding hydrogens is 370 g/mol. The summed E-state index contributed by atoms with van der Waals surface area (Å²) < 4.78 is 7.82. The molecule has 1 aromatic rings. The van der Waals surface area contributed by atoms with E-state index in [-0.39, 0.29) is 24.1 Å². The van der Waals surface area contributed by atoms with Gasteiger partial charge in [0.25, 0.3) is 0 Å². The number of carbonyl (C=O) groups excluding carboxylic acids is 1. The Morgan fingerprint density at radius 3 is 2.86 bits per heavy atom. The molecule has 1 atom stereocenters. The van der Waals surface area contributed by atoms with Crippen LogP contribution in [0.1, 0.15) is 52.8 Å². The fourth-order valence-electron chi connectivity index (χ4n) is 3.23. The molecule has 2 heterocycles. The lowest BCUT2D eigenvalue weighted by Crippen LogP contribution is -2.49. The Labute approximate surface area is 174 Å². The van der Waals surface area contributed by atoms with Gasteiger partial charge in [0.2, 0.25) is 5.91 Å². The second-order valence-electron chi connectivity index (χ2n) is 8.53. The summed E-state index contributed by atoms with van der Waals surface area (Å²) in [5.41, 5.74) is -0.260. The number of hydrogen-bond donors (Lipinski definition) is 2. The molecule has 1 unspecified atom stereocenters. The van der Waals surface area contributed by atoms with Gasteiger partial charge in [0.05, 0.1) is 19.2 Å². The molecular formula is C20H37N7O2. The number of guanidine groups is 1. The summed E-state index contributed by atoms with van der Waals surface area (Å²) in [7, 11) is 1.88. The van der Waals surface area contributed by atoms with Crippen LogP contribution in [0.15, 0.2) is 11.3 Å². The standard InChI is InChI=1S/C20H37N7O2/c1-6-17-25-23-15-27(17)11-10-21-19(22-13-16-9-7-8-12-29-16)26(5)14-18(28)24-20(2,3)4/h15-16H,6-14H2,1-5H3,(H,21,22)(H,24,28). The maximum Gasteiger partial charge on any atom is 0.240 e. The normalized spacial score (nSPS) is 17.8. The van der Waals surface area contributed by atoms with Gasteiger partial charge in [-0.25, -0.2) is 0 Å². The SMILES string of the molecule is CCc1nncn1CCNC(=NCC1CCCCO1)N(C)CC(=O)NC(C)(C)C. The number of aromatic nitrogens is 3. The summed E-state index contributed by atoms with van der Waals surface area (Å²) in [5.74, 6) is 1.63. The topological polar surface area (TPSA) is 96.7 Å². The average Bonchev–Trinajstić information content (AvgIpc) is 3.11. The minimum absolute atomic E-state index is 0.0319. The maximum absolute atomic E-state index is 12.3. The van der Waals surface area contributed by atoms with Gasteiger partial charge in [-0.05, 0) is 40.0 Å². The van der Waals surface area contributed by atoms with Crippen molar-refractivity contribution in [2.24, 2.45) is 4.99 Å². The van der Waals surface area contributed by atoms with Gasteiger partial charge in [0.1, 0.15) is 12.2 Å². The van der Waals surface area contributed by atoms with Crippen molar-refractivity contribution in [1.29, 1.82) is 0 Å². The van der Waals surface area contributed by atoms with Gasteiger partial charge in [-0.2, -0.15) is 0 Å². The Kier molecular flexibility index (Phi) is 8.88. The van der Waals surface area contributed by atoms with Gasteiger partial charge in [-0.3, -0.25) is 9.79 Å². The Hall–Kier alpha value is -2.16. The lowest BCUT2D eigenvalue weighted by molar-refractivity contribution is -0.122. The molecule has 1 aromatic heterocycles. The molecule has 2 N–H and O–H groups in total. The van der Waals surface area contributed by atoms with E-state index < -0.39 is 0 Å². The molecule has 29 heavy (non-hydrogen) atoms. The van der Waals surface area contributed by atoms with Crippen LogP contribution in [0.5, 0.6) is 0 Å². The van der Waals surface area contributed by atoms with E-state index in [1.54, 1.807) is 6.33 Å². The van der Waals surface area contributed by atoms with Crippen molar-refractivity contribution in [3.8, 4) is 0 Å². The number of carbonyl (C=O) groups is 1. The highest BCUT2D eigenvalue weighted by atomic mass is 16.5. The first-order chi connectivity index (χ1) is 13.8. The van der Waals surface area contributed by atoms with Crippen molar-refractivity contribution in [3.05, 3.63) is 12.2 Å². The van der Waals surface area contributed by atoms with E-state index in [1.807, 2.05) is 37.3 Å². The molecule has 1 fully saturated rings. The average molecular weight is 408 g/mol. The van der Waals surface area contributed by atoms with Crippen molar-refractivity contribution < 1.29 is 9.53 Å². The van der Waals surface area contributed by atoms with Gasteiger partial charge in [0.15, 0.2) is 5.96 Å². The highest BCUT2D eigenvalue weighted by Crippen LogP contribution is 2.12. The molecule has 2 rings (SSSR count). The second-order valence-corrected chi connectivity index (χ2v) is 8.53. The van der Waals surface area contributed by atoms with Gasteiger partial charge >= 0.3 is 0 Å². The Morgan fingerprint density at radius 1 is 1.41 bits per heavy atom. The van der Waals surface area contributed by atoms with Crippen molar-refractivity contribution in [1.82, 2.24) is 30.3 Å². The number of nitrogens with zero attached hydrogens (tertiary/aromatic N) is 5. The molecule has 0 radical (unpaired) electrons. The van der Waals surface area contributed by atoms with Gasteiger partial charge in [-0.1, -0.05) is 6.92 Å². The fourth-order valence-corrected chi connectivity index (χ4v) is 3.23. The molecule has 0 aliphatic carbocycles. The molecule has 1 saturated heterocycles. The third kappa shape index (κ3) is 8.39. The van der Waals surface area contributed by atoms with Crippen LogP contribution in [0, 0.1) is 0 Å². The van der Waals surface area contributed by atoms with E-state index in [0.717, 1.165) is 38.2 Å². The van der Waals surface area contributed by atoms with Crippen LogP contribution in [-0.2, 0) is 22.5 Å². The second kappa shape index (κ2) is 11.1. The van der Waals surface area contributed by atoms with Crippen LogP contribution in [0.4, 0.5) is 0 Å². The zero-order valence-corrected chi connectivity index (χ0v) is 18.6. The van der Waals surface area contributed by atoms with E-state index in [9.17, 15) is 4.79 Å². The lowest BCUT2D eigenvalue weighted by Gasteiger charge is -2.26. The first-order valence-corrected chi connectivity index (χ1v) is 10.6. The van der Waals surface area contributed by atoms with E-state index in [2.05, 4.69) is 27.8 Å². The smallest absolute Gasteiger partial charge is 0.240 e. The number of nitrogens with one attached hydrogen (secondary N) is 2. The molecule has 0 bridgehead atoms. The van der Waals surface area contributed by atoms with Crippen LogP contribution >= 0.6 is 0 Å². The minimum Gasteiger partial charge on any atom is -0.376 e. The van der Waals surface area contributed by atoms with E-state index in [4.69, 9.17) is 9.73 Å². The summed E-state index contributed by atoms with van der Waals surface area (Å²) in [5, 5.41) is 14.5. The molecule has 1 amide bonds. The largest absolute Gasteiger partial charge is 0.376 e. The van der Waals surface area contributed by atoms with Crippen LogP contribution < -0.4 is 10.6 Å². The predicted octanol–water partition coefficient (Wildman–Crippen LogP) is 1.20. The van der Waals surface area contributed by atoms with Gasteiger partial charge < -0.3 is 24.8 Å². The number of aliphatic imine (C=N–C) groups is 1. The quantitative estimate of drug-likeness (QED) is 0.497. The van der Waals surface area contributed by atoms with E-state index in [0.29, 0.717) is 19.0 Å². The van der Waals surface area contributed by atoms with E-state index >= 15 is 0 Å². The Morgan fingerprint density at radius 2 is 2.21 bits per heavy atom. The van der Waals surface area contributed by atoms with Crippen molar-refractivity contribution >= 4 is 11.9 Å². The summed E-state index contributed by atoms with van der Waals surface area (Å²) >= 11 is 0. The zero-order valence-electron chi connectivity index (χ0n) is 18.6. The number of rotatable bonds is 8. The molecule has 0 spiro atoms. The number of amides is 1. The molecule has 0 saturated carbocycles. The monoisotopic (exact) mass is 407 g/mol. The van der Waals surface area contributed by atoms with E-state index in [1.165, 1.54) is 6.42 Å². The third-order valence-corrected chi connectivity index (χ3v) is 4.62. The highest BCUT2D eigenvalue weighted by molar-refractivity contribution is 5.86. The maximum atomic E-state index is 12.3. The first-order valence-electron chi connectivity index (χ1n) is 10.6. The third-order valence-electron chi connectivity index (χ3n) is 4.62.